The van der Waals surface area contributed by atoms with E-state index in [1.807, 2.05) is 6.92 Å². The van der Waals surface area contributed by atoms with E-state index in [4.69, 9.17) is 18.9 Å². The van der Waals surface area contributed by atoms with Crippen molar-refractivity contribution in [1.29, 1.82) is 0 Å². The van der Waals surface area contributed by atoms with Crippen LogP contribution >= 0.6 is 0 Å². The van der Waals surface area contributed by atoms with E-state index in [1.165, 1.54) is 13.3 Å². The van der Waals surface area contributed by atoms with E-state index in [9.17, 15) is 9.59 Å². The van der Waals surface area contributed by atoms with E-state index >= 15 is 0 Å². The minimum absolute atomic E-state index is 0.256. The molecular formula is C27H26N2O6. The van der Waals surface area contributed by atoms with E-state index in [2.05, 4.69) is 17.1 Å². The Labute approximate surface area is 203 Å². The van der Waals surface area contributed by atoms with Gasteiger partial charge in [0, 0.05) is 5.56 Å². The number of benzene rings is 3. The van der Waals surface area contributed by atoms with Gasteiger partial charge in [-0.05, 0) is 79.2 Å². The van der Waals surface area contributed by atoms with Crippen LogP contribution in [0.4, 0.5) is 0 Å². The van der Waals surface area contributed by atoms with E-state index in [1.54, 1.807) is 72.8 Å². The molecule has 0 spiro atoms. The fraction of sp³-hybridized carbons (Fsp3) is 0.148. The van der Waals surface area contributed by atoms with Gasteiger partial charge in [-0.1, -0.05) is 12.7 Å². The molecule has 1 amide bonds. The predicted octanol–water partition coefficient (Wildman–Crippen LogP) is 4.64. The van der Waals surface area contributed by atoms with Gasteiger partial charge < -0.3 is 18.9 Å². The van der Waals surface area contributed by atoms with Crippen molar-refractivity contribution in [2.75, 3.05) is 20.3 Å². The molecule has 0 aliphatic rings. The average molecular weight is 475 g/mol. The quantitative estimate of drug-likeness (QED) is 0.143. The molecule has 0 saturated heterocycles. The Kier molecular flexibility index (Phi) is 9.01. The number of ether oxygens (including phenoxy) is 4. The summed E-state index contributed by atoms with van der Waals surface area (Å²) in [6.45, 7) is 6.40. The van der Waals surface area contributed by atoms with Crippen LogP contribution in [0.25, 0.3) is 0 Å². The van der Waals surface area contributed by atoms with Crippen molar-refractivity contribution < 1.29 is 28.5 Å². The Morgan fingerprint density at radius 1 is 0.914 bits per heavy atom. The van der Waals surface area contributed by atoms with E-state index in [0.29, 0.717) is 47.2 Å². The topological polar surface area (TPSA) is 95.5 Å². The maximum atomic E-state index is 12.5. The van der Waals surface area contributed by atoms with Crippen LogP contribution in [-0.4, -0.2) is 38.4 Å². The Morgan fingerprint density at radius 3 is 2.20 bits per heavy atom. The summed E-state index contributed by atoms with van der Waals surface area (Å²) >= 11 is 0. The van der Waals surface area contributed by atoms with Gasteiger partial charge in [0.1, 0.15) is 18.1 Å². The lowest BCUT2D eigenvalue weighted by Gasteiger charge is -2.10. The van der Waals surface area contributed by atoms with Gasteiger partial charge in [-0.15, -0.1) is 0 Å². The molecule has 0 bridgehead atoms. The van der Waals surface area contributed by atoms with Crippen LogP contribution in [0.3, 0.4) is 0 Å². The molecule has 0 aromatic heterocycles. The molecule has 0 aliphatic heterocycles. The molecule has 180 valence electrons. The van der Waals surface area contributed by atoms with Gasteiger partial charge in [-0.3, -0.25) is 4.79 Å². The standard InChI is InChI=1S/C27H26N2O6/c1-4-16-34-23-11-7-20(8-12-23)26(30)29-28-18-19-6-15-24(25(17-19)32-3)35-27(31)21-9-13-22(14-10-21)33-5-2/h4,6-15,17-18H,1,5,16H2,2-3H3,(H,29,30)/b28-18+. The van der Waals surface area contributed by atoms with Gasteiger partial charge in [-0.2, -0.15) is 5.10 Å². The lowest BCUT2D eigenvalue weighted by molar-refractivity contribution is 0.0729. The highest BCUT2D eigenvalue weighted by Crippen LogP contribution is 2.28. The van der Waals surface area contributed by atoms with Gasteiger partial charge in [0.05, 0.1) is 25.5 Å². The second kappa shape index (κ2) is 12.6. The highest BCUT2D eigenvalue weighted by Gasteiger charge is 2.13. The molecule has 35 heavy (non-hydrogen) atoms. The number of nitrogens with zero attached hydrogens (tertiary/aromatic N) is 1. The van der Waals surface area contributed by atoms with Crippen molar-refractivity contribution >= 4 is 18.1 Å². The van der Waals surface area contributed by atoms with Crippen LogP contribution in [0.5, 0.6) is 23.0 Å². The zero-order valence-electron chi connectivity index (χ0n) is 19.5. The summed E-state index contributed by atoms with van der Waals surface area (Å²) in [7, 11) is 1.47. The Morgan fingerprint density at radius 2 is 1.57 bits per heavy atom. The summed E-state index contributed by atoms with van der Waals surface area (Å²) in [5.74, 6) is 1.01. The molecule has 3 rings (SSSR count). The highest BCUT2D eigenvalue weighted by atomic mass is 16.6. The van der Waals surface area contributed by atoms with Crippen LogP contribution in [0.1, 0.15) is 33.2 Å². The monoisotopic (exact) mass is 474 g/mol. The summed E-state index contributed by atoms with van der Waals surface area (Å²) in [6.07, 6.45) is 3.10. The third-order valence-corrected chi connectivity index (χ3v) is 4.66. The van der Waals surface area contributed by atoms with Crippen LogP contribution in [0.15, 0.2) is 84.5 Å². The largest absolute Gasteiger partial charge is 0.494 e. The second-order valence-electron chi connectivity index (χ2n) is 7.08. The van der Waals surface area contributed by atoms with Crippen LogP contribution in [0.2, 0.25) is 0 Å². The fourth-order valence-corrected chi connectivity index (χ4v) is 2.95. The maximum absolute atomic E-state index is 12.5. The lowest BCUT2D eigenvalue weighted by Crippen LogP contribution is -2.17. The lowest BCUT2D eigenvalue weighted by atomic mass is 10.2. The van der Waals surface area contributed by atoms with Gasteiger partial charge in [0.2, 0.25) is 0 Å². The molecule has 3 aromatic rings. The minimum atomic E-state index is -0.527. The minimum Gasteiger partial charge on any atom is -0.494 e. The molecular weight excluding hydrogens is 448 g/mol. The average Bonchev–Trinajstić information content (AvgIpc) is 2.89. The van der Waals surface area contributed by atoms with Crippen LogP contribution in [0, 0.1) is 0 Å². The number of nitrogens with one attached hydrogen (secondary N) is 1. The predicted molar refractivity (Wildman–Crippen MR) is 133 cm³/mol. The summed E-state index contributed by atoms with van der Waals surface area (Å²) in [6, 6.07) is 18.3. The number of esters is 1. The van der Waals surface area contributed by atoms with Gasteiger partial charge in [0.25, 0.3) is 5.91 Å². The van der Waals surface area contributed by atoms with E-state index in [0.717, 1.165) is 0 Å². The molecule has 3 aromatic carbocycles. The molecule has 0 aliphatic carbocycles. The van der Waals surface area contributed by atoms with Crippen LogP contribution < -0.4 is 24.4 Å². The Hall–Kier alpha value is -4.59. The molecule has 0 saturated carbocycles. The number of rotatable bonds is 11. The zero-order chi connectivity index (χ0) is 25.0. The third-order valence-electron chi connectivity index (χ3n) is 4.66. The Bertz CT molecular complexity index is 1190. The number of carbonyl (C=O) groups is 2. The first-order valence-corrected chi connectivity index (χ1v) is 10.8. The van der Waals surface area contributed by atoms with Crippen LogP contribution in [-0.2, 0) is 0 Å². The molecule has 0 fully saturated rings. The first kappa shape index (κ1) is 25.0. The molecule has 8 heteroatoms. The highest BCUT2D eigenvalue weighted by molar-refractivity contribution is 5.95. The molecule has 0 radical (unpaired) electrons. The molecule has 0 unspecified atom stereocenters. The summed E-state index contributed by atoms with van der Waals surface area (Å²) < 4.78 is 21.6. The second-order valence-corrected chi connectivity index (χ2v) is 7.08. The van der Waals surface area contributed by atoms with E-state index in [-0.39, 0.29) is 11.7 Å². The number of methoxy groups -OCH3 is 1. The number of hydrazone groups is 1. The maximum Gasteiger partial charge on any atom is 0.343 e. The summed E-state index contributed by atoms with van der Waals surface area (Å²) in [5.41, 5.74) is 3.91. The van der Waals surface area contributed by atoms with Crippen molar-refractivity contribution in [3.63, 3.8) is 0 Å². The number of hydrogen-bond donors (Lipinski definition) is 1. The van der Waals surface area contributed by atoms with Crippen molar-refractivity contribution in [2.45, 2.75) is 6.92 Å². The summed E-state index contributed by atoms with van der Waals surface area (Å²) in [4.78, 5) is 24.8. The normalized spacial score (nSPS) is 10.5. The smallest absolute Gasteiger partial charge is 0.343 e. The Balaban J connectivity index is 1.60. The first-order chi connectivity index (χ1) is 17.0. The third kappa shape index (κ3) is 7.20. The van der Waals surface area contributed by atoms with Crippen molar-refractivity contribution in [1.82, 2.24) is 5.43 Å². The van der Waals surface area contributed by atoms with Crippen molar-refractivity contribution in [3.8, 4) is 23.0 Å². The summed E-state index contributed by atoms with van der Waals surface area (Å²) in [5, 5.41) is 3.98. The van der Waals surface area contributed by atoms with Gasteiger partial charge in [-0.25, -0.2) is 10.2 Å². The molecule has 8 nitrogen and oxygen atoms in total. The molecule has 1 N–H and O–H groups in total. The molecule has 0 atom stereocenters. The number of hydrogen-bond acceptors (Lipinski definition) is 7. The number of carbonyl (C=O) groups excluding carboxylic acids is 2. The first-order valence-electron chi connectivity index (χ1n) is 10.8. The van der Waals surface area contributed by atoms with Gasteiger partial charge in [0.15, 0.2) is 11.5 Å². The van der Waals surface area contributed by atoms with Crippen molar-refractivity contribution in [2.24, 2.45) is 5.10 Å². The SMILES string of the molecule is C=CCOc1ccc(C(=O)N/N=C/c2ccc(OC(=O)c3ccc(OCC)cc3)c(OC)c2)cc1. The van der Waals surface area contributed by atoms with Crippen molar-refractivity contribution in [3.05, 3.63) is 96.1 Å². The van der Waals surface area contributed by atoms with E-state index < -0.39 is 5.97 Å². The zero-order valence-corrected chi connectivity index (χ0v) is 19.5. The number of amides is 1. The molecule has 0 heterocycles. The van der Waals surface area contributed by atoms with Gasteiger partial charge >= 0.3 is 5.97 Å². The fourth-order valence-electron chi connectivity index (χ4n) is 2.95.